The molecule has 4 rings (SSSR count). The minimum Gasteiger partial charge on any atom is -0.496 e. The zero-order chi connectivity index (χ0) is 19.7. The maximum absolute atomic E-state index is 6.55. The second kappa shape index (κ2) is 7.69. The first-order valence-corrected chi connectivity index (χ1v) is 9.97. The Balaban J connectivity index is 1.63. The Kier molecular flexibility index (Phi) is 5.11. The smallest absolute Gasteiger partial charge is 0.210 e. The van der Waals surface area contributed by atoms with E-state index in [0.29, 0.717) is 27.5 Å². The summed E-state index contributed by atoms with van der Waals surface area (Å²) in [5.74, 6) is 8.00. The first-order valence-electron chi connectivity index (χ1n) is 8.60. The molecule has 2 aromatic carbocycles. The lowest BCUT2D eigenvalue weighted by molar-refractivity contribution is 0.416. The van der Waals surface area contributed by atoms with E-state index in [9.17, 15) is 0 Å². The molecule has 4 aromatic rings. The van der Waals surface area contributed by atoms with Gasteiger partial charge in [-0.15, -0.1) is 10.2 Å². The number of nitrogens with two attached hydrogens (primary N) is 1. The Hall–Kier alpha value is -2.77. The Bertz CT molecular complexity index is 1160. The van der Waals surface area contributed by atoms with Gasteiger partial charge in [0.1, 0.15) is 5.75 Å². The summed E-state index contributed by atoms with van der Waals surface area (Å²) < 4.78 is 6.85. The molecular formula is C20H18ClN5OS. The second-order valence-electron chi connectivity index (χ2n) is 6.18. The molecule has 0 aliphatic carbocycles. The van der Waals surface area contributed by atoms with Gasteiger partial charge in [0.05, 0.1) is 28.9 Å². The number of para-hydroxylation sites is 2. The lowest BCUT2D eigenvalue weighted by Gasteiger charge is -2.10. The summed E-state index contributed by atoms with van der Waals surface area (Å²) in [5.41, 5.74) is 3.52. The largest absolute Gasteiger partial charge is 0.496 e. The molecule has 0 aliphatic heterocycles. The van der Waals surface area contributed by atoms with Gasteiger partial charge < -0.3 is 10.6 Å². The van der Waals surface area contributed by atoms with Crippen LogP contribution in [-0.4, -0.2) is 27.0 Å². The van der Waals surface area contributed by atoms with Gasteiger partial charge in [-0.05, 0) is 30.7 Å². The van der Waals surface area contributed by atoms with Crippen LogP contribution < -0.4 is 10.6 Å². The summed E-state index contributed by atoms with van der Waals surface area (Å²) in [6, 6.07) is 15.5. The van der Waals surface area contributed by atoms with Gasteiger partial charge in [-0.25, -0.2) is 4.68 Å². The number of nitrogens with zero attached hydrogens (tertiary/aromatic N) is 4. The van der Waals surface area contributed by atoms with Gasteiger partial charge in [0.2, 0.25) is 5.16 Å². The first-order chi connectivity index (χ1) is 13.6. The number of pyridine rings is 1. The Morgan fingerprint density at radius 3 is 2.68 bits per heavy atom. The van der Waals surface area contributed by atoms with Gasteiger partial charge in [-0.1, -0.05) is 53.7 Å². The molecule has 8 heteroatoms. The van der Waals surface area contributed by atoms with Gasteiger partial charge in [-0.3, -0.25) is 4.98 Å². The predicted molar refractivity (Wildman–Crippen MR) is 113 cm³/mol. The third kappa shape index (κ3) is 3.27. The van der Waals surface area contributed by atoms with E-state index in [2.05, 4.69) is 10.2 Å². The predicted octanol–water partition coefficient (Wildman–Crippen LogP) is 4.47. The molecule has 0 unspecified atom stereocenters. The summed E-state index contributed by atoms with van der Waals surface area (Å²) in [7, 11) is 1.61. The van der Waals surface area contributed by atoms with E-state index < -0.39 is 0 Å². The van der Waals surface area contributed by atoms with Crippen LogP contribution in [0.1, 0.15) is 11.3 Å². The second-order valence-corrected chi connectivity index (χ2v) is 7.50. The summed E-state index contributed by atoms with van der Waals surface area (Å²) in [6.45, 7) is 2.01. The molecule has 0 radical (unpaired) electrons. The monoisotopic (exact) mass is 411 g/mol. The van der Waals surface area contributed by atoms with Crippen LogP contribution in [-0.2, 0) is 5.75 Å². The number of nitrogen functional groups attached to an aromatic ring is 1. The molecule has 0 aliphatic rings. The third-order valence-electron chi connectivity index (χ3n) is 4.50. The highest BCUT2D eigenvalue weighted by atomic mass is 35.5. The molecule has 0 fully saturated rings. The number of benzene rings is 2. The van der Waals surface area contributed by atoms with Crippen LogP contribution in [0.15, 0.2) is 53.7 Å². The van der Waals surface area contributed by atoms with Crippen molar-refractivity contribution in [3.63, 3.8) is 0 Å². The normalized spacial score (nSPS) is 11.1. The number of halogens is 1. The van der Waals surface area contributed by atoms with Gasteiger partial charge in [0, 0.05) is 11.1 Å². The van der Waals surface area contributed by atoms with E-state index in [1.807, 2.05) is 55.5 Å². The number of rotatable bonds is 5. The van der Waals surface area contributed by atoms with Crippen molar-refractivity contribution in [3.05, 3.63) is 64.8 Å². The molecular weight excluding hydrogens is 394 g/mol. The van der Waals surface area contributed by atoms with Crippen molar-refractivity contribution in [2.75, 3.05) is 13.0 Å². The lowest BCUT2D eigenvalue weighted by atomic mass is 10.1. The molecule has 2 aromatic heterocycles. The number of ether oxygens (including phenoxy) is 1. The summed E-state index contributed by atoms with van der Waals surface area (Å²) in [5, 5.41) is 10.7. The molecule has 2 N–H and O–H groups in total. The van der Waals surface area contributed by atoms with Crippen molar-refractivity contribution in [1.82, 2.24) is 19.9 Å². The molecule has 0 amide bonds. The van der Waals surface area contributed by atoms with E-state index in [4.69, 9.17) is 27.2 Å². The van der Waals surface area contributed by atoms with Crippen LogP contribution >= 0.6 is 23.4 Å². The molecule has 0 bridgehead atoms. The molecule has 0 atom stereocenters. The van der Waals surface area contributed by atoms with Crippen LogP contribution in [0.5, 0.6) is 5.75 Å². The van der Waals surface area contributed by atoms with Crippen molar-refractivity contribution in [3.8, 4) is 17.1 Å². The van der Waals surface area contributed by atoms with E-state index in [1.54, 1.807) is 7.11 Å². The zero-order valence-corrected chi connectivity index (χ0v) is 17.0. The number of fused-ring (bicyclic) bond motifs is 1. The Morgan fingerprint density at radius 2 is 1.86 bits per heavy atom. The van der Waals surface area contributed by atoms with Gasteiger partial charge in [0.25, 0.3) is 0 Å². The van der Waals surface area contributed by atoms with Gasteiger partial charge in [-0.2, -0.15) is 0 Å². The van der Waals surface area contributed by atoms with E-state index in [1.165, 1.54) is 16.4 Å². The highest BCUT2D eigenvalue weighted by Gasteiger charge is 2.17. The highest BCUT2D eigenvalue weighted by molar-refractivity contribution is 7.98. The van der Waals surface area contributed by atoms with Crippen LogP contribution in [0.25, 0.3) is 22.3 Å². The third-order valence-corrected chi connectivity index (χ3v) is 5.95. The maximum Gasteiger partial charge on any atom is 0.210 e. The van der Waals surface area contributed by atoms with Crippen LogP contribution in [0.3, 0.4) is 0 Å². The minimum atomic E-state index is 0.533. The Labute approximate surface area is 171 Å². The summed E-state index contributed by atoms with van der Waals surface area (Å²) in [6.07, 6.45) is 0. The number of aromatic nitrogens is 4. The van der Waals surface area contributed by atoms with E-state index in [0.717, 1.165) is 27.7 Å². The summed E-state index contributed by atoms with van der Waals surface area (Å²) in [4.78, 5) is 4.70. The topological polar surface area (TPSA) is 78.9 Å². The molecule has 0 saturated heterocycles. The van der Waals surface area contributed by atoms with Crippen molar-refractivity contribution >= 4 is 34.3 Å². The Morgan fingerprint density at radius 1 is 1.11 bits per heavy atom. The SMILES string of the molecule is COc1ccccc1-c1nnc(SCc2nc3ccccc3c(C)c2Cl)n1N. The number of hydrogen-bond acceptors (Lipinski definition) is 6. The number of thioether (sulfide) groups is 1. The van der Waals surface area contributed by atoms with Crippen molar-refractivity contribution in [2.24, 2.45) is 0 Å². The maximum atomic E-state index is 6.55. The molecule has 6 nitrogen and oxygen atoms in total. The van der Waals surface area contributed by atoms with Gasteiger partial charge in [0.15, 0.2) is 5.82 Å². The highest BCUT2D eigenvalue weighted by Crippen LogP contribution is 2.33. The first kappa shape index (κ1) is 18.6. The van der Waals surface area contributed by atoms with Crippen LogP contribution in [0, 0.1) is 6.92 Å². The molecule has 142 valence electrons. The van der Waals surface area contributed by atoms with E-state index >= 15 is 0 Å². The number of aryl methyl sites for hydroxylation is 1. The van der Waals surface area contributed by atoms with Crippen LogP contribution in [0.4, 0.5) is 0 Å². The quantitative estimate of drug-likeness (QED) is 0.385. The minimum absolute atomic E-state index is 0.533. The standard InChI is InChI=1S/C20H18ClN5OS/c1-12-13-7-3-5-9-15(13)23-16(18(12)21)11-28-20-25-24-19(26(20)22)14-8-4-6-10-17(14)27-2/h3-10H,11,22H2,1-2H3. The van der Waals surface area contributed by atoms with Crippen LogP contribution in [0.2, 0.25) is 5.02 Å². The fourth-order valence-electron chi connectivity index (χ4n) is 3.03. The molecule has 2 heterocycles. The lowest BCUT2D eigenvalue weighted by Crippen LogP contribution is -2.12. The fourth-order valence-corrected chi connectivity index (χ4v) is 4.12. The van der Waals surface area contributed by atoms with Crippen molar-refractivity contribution in [2.45, 2.75) is 17.8 Å². The van der Waals surface area contributed by atoms with Gasteiger partial charge >= 0.3 is 0 Å². The number of hydrogen-bond donors (Lipinski definition) is 1. The van der Waals surface area contributed by atoms with Crippen molar-refractivity contribution in [1.29, 1.82) is 0 Å². The molecule has 0 spiro atoms. The van der Waals surface area contributed by atoms with E-state index in [-0.39, 0.29) is 0 Å². The van der Waals surface area contributed by atoms with Crippen molar-refractivity contribution < 1.29 is 4.74 Å². The average Bonchev–Trinajstić information content (AvgIpc) is 3.09. The molecule has 28 heavy (non-hydrogen) atoms. The fraction of sp³-hybridized carbons (Fsp3) is 0.150. The average molecular weight is 412 g/mol. The number of methoxy groups -OCH3 is 1. The summed E-state index contributed by atoms with van der Waals surface area (Å²) >= 11 is 7.99. The zero-order valence-electron chi connectivity index (χ0n) is 15.4. The molecule has 0 saturated carbocycles.